The monoisotopic (exact) mass is 209 g/mol. The van der Waals surface area contributed by atoms with Gasteiger partial charge in [-0.3, -0.25) is 0 Å². The molecule has 0 aliphatic rings. The van der Waals surface area contributed by atoms with Crippen molar-refractivity contribution in [2.45, 2.75) is 27.2 Å². The lowest BCUT2D eigenvalue weighted by Gasteiger charge is -2.12. The molecule has 1 radical (unpaired) electrons. The van der Waals surface area contributed by atoms with Crippen molar-refractivity contribution in [3.05, 3.63) is 59.2 Å². The average Bonchev–Trinajstić information content (AvgIpc) is 2.31. The molecule has 0 N–H and O–H groups in total. The van der Waals surface area contributed by atoms with Gasteiger partial charge in [-0.25, -0.2) is 0 Å². The highest BCUT2D eigenvalue weighted by Crippen LogP contribution is 2.28. The van der Waals surface area contributed by atoms with Gasteiger partial charge in [-0.05, 0) is 54.2 Å². The molecule has 16 heavy (non-hydrogen) atoms. The van der Waals surface area contributed by atoms with Crippen LogP contribution in [0, 0.1) is 19.9 Å². The van der Waals surface area contributed by atoms with Crippen LogP contribution in [0.2, 0.25) is 0 Å². The minimum absolute atomic E-state index is 1.05. The number of hydrogen-bond donors (Lipinski definition) is 0. The Hall–Kier alpha value is -1.56. The molecule has 0 heteroatoms. The lowest BCUT2D eigenvalue weighted by molar-refractivity contribution is 1.11. The van der Waals surface area contributed by atoms with E-state index >= 15 is 0 Å². The normalized spacial score (nSPS) is 10.4. The van der Waals surface area contributed by atoms with E-state index in [4.69, 9.17) is 0 Å². The molecular weight excluding hydrogens is 192 g/mol. The Balaban J connectivity index is 2.61. The molecule has 0 fully saturated rings. The van der Waals surface area contributed by atoms with E-state index in [0.717, 1.165) is 6.42 Å². The summed E-state index contributed by atoms with van der Waals surface area (Å²) in [6.45, 7) is 6.54. The van der Waals surface area contributed by atoms with Crippen LogP contribution in [-0.2, 0) is 6.42 Å². The predicted molar refractivity (Wildman–Crippen MR) is 69.6 cm³/mol. The van der Waals surface area contributed by atoms with Crippen LogP contribution >= 0.6 is 0 Å². The van der Waals surface area contributed by atoms with Gasteiger partial charge in [-0.2, -0.15) is 0 Å². The first kappa shape index (κ1) is 10.9. The summed E-state index contributed by atoms with van der Waals surface area (Å²) in [6, 6.07) is 16.1. The van der Waals surface area contributed by atoms with Gasteiger partial charge in [0.05, 0.1) is 0 Å². The summed E-state index contributed by atoms with van der Waals surface area (Å²) < 4.78 is 0. The largest absolute Gasteiger partial charge is 0.0620 e. The molecule has 0 saturated carbocycles. The smallest absolute Gasteiger partial charge is 0.0146 e. The Morgan fingerprint density at radius 1 is 1.00 bits per heavy atom. The van der Waals surface area contributed by atoms with Crippen LogP contribution in [0.3, 0.4) is 0 Å². The molecule has 0 amide bonds. The van der Waals surface area contributed by atoms with Gasteiger partial charge in [0, 0.05) is 0 Å². The van der Waals surface area contributed by atoms with Gasteiger partial charge in [-0.15, -0.1) is 0 Å². The van der Waals surface area contributed by atoms with Crippen LogP contribution in [0.4, 0.5) is 0 Å². The van der Waals surface area contributed by atoms with Crippen molar-refractivity contribution in [3.8, 4) is 11.1 Å². The Labute approximate surface area is 97.9 Å². The van der Waals surface area contributed by atoms with Gasteiger partial charge in [0.1, 0.15) is 0 Å². The summed E-state index contributed by atoms with van der Waals surface area (Å²) in [6.07, 6.45) is 1.05. The number of aryl methyl sites for hydroxylation is 2. The summed E-state index contributed by atoms with van der Waals surface area (Å²) in [4.78, 5) is 0. The molecule has 0 aliphatic carbocycles. The molecule has 2 aromatic carbocycles. The first-order valence-corrected chi connectivity index (χ1v) is 5.80. The summed E-state index contributed by atoms with van der Waals surface area (Å²) in [5.41, 5.74) is 6.69. The van der Waals surface area contributed by atoms with Crippen LogP contribution < -0.4 is 0 Å². The molecule has 81 valence electrons. The van der Waals surface area contributed by atoms with Crippen molar-refractivity contribution < 1.29 is 0 Å². The van der Waals surface area contributed by atoms with Crippen molar-refractivity contribution in [1.29, 1.82) is 0 Å². The third-order valence-corrected chi connectivity index (χ3v) is 3.15. The predicted octanol–water partition coefficient (Wildman–Crippen LogP) is 4.33. The second-order valence-electron chi connectivity index (χ2n) is 4.16. The standard InChI is InChI=1S/C16H17/c1-4-14-9-7-11-16(13(14)3)15-10-6-5-8-12(15)2/h5-8,10-11H,4H2,1-3H3. The van der Waals surface area contributed by atoms with Crippen LogP contribution in [0.5, 0.6) is 0 Å². The summed E-state index contributed by atoms with van der Waals surface area (Å²) in [5, 5.41) is 0. The molecular formula is C16H17. The molecule has 2 aromatic rings. The van der Waals surface area contributed by atoms with Crippen molar-refractivity contribution in [2.75, 3.05) is 0 Å². The molecule has 0 aromatic heterocycles. The molecule has 0 heterocycles. The van der Waals surface area contributed by atoms with Crippen molar-refractivity contribution >= 4 is 0 Å². The van der Waals surface area contributed by atoms with Crippen molar-refractivity contribution in [2.24, 2.45) is 0 Å². The van der Waals surface area contributed by atoms with E-state index in [1.165, 1.54) is 27.8 Å². The highest BCUT2D eigenvalue weighted by Gasteiger charge is 2.06. The summed E-state index contributed by atoms with van der Waals surface area (Å²) in [5.74, 6) is 0. The topological polar surface area (TPSA) is 0 Å². The Morgan fingerprint density at radius 2 is 1.75 bits per heavy atom. The molecule has 0 aliphatic heterocycles. The zero-order valence-electron chi connectivity index (χ0n) is 10.2. The van der Waals surface area contributed by atoms with Gasteiger partial charge in [0.25, 0.3) is 0 Å². The molecule has 0 spiro atoms. The fraction of sp³-hybridized carbons (Fsp3) is 0.250. The van der Waals surface area contributed by atoms with Crippen LogP contribution in [0.15, 0.2) is 36.4 Å². The molecule has 0 unspecified atom stereocenters. The maximum atomic E-state index is 3.32. The van der Waals surface area contributed by atoms with Gasteiger partial charge in [-0.1, -0.05) is 43.3 Å². The highest BCUT2D eigenvalue weighted by molar-refractivity contribution is 5.71. The molecule has 0 bridgehead atoms. The van der Waals surface area contributed by atoms with E-state index in [0.29, 0.717) is 0 Å². The second-order valence-corrected chi connectivity index (χ2v) is 4.16. The average molecular weight is 209 g/mol. The minimum atomic E-state index is 1.05. The fourth-order valence-corrected chi connectivity index (χ4v) is 2.16. The number of hydrogen-bond acceptors (Lipinski definition) is 0. The van der Waals surface area contributed by atoms with E-state index in [9.17, 15) is 0 Å². The third kappa shape index (κ3) is 1.88. The zero-order chi connectivity index (χ0) is 11.5. The van der Waals surface area contributed by atoms with Crippen molar-refractivity contribution in [1.82, 2.24) is 0 Å². The van der Waals surface area contributed by atoms with E-state index in [1.54, 1.807) is 0 Å². The SMILES string of the molecule is CCc1[c]ccc(-c2ccccc2C)c1C. The number of benzene rings is 2. The molecule has 0 atom stereocenters. The third-order valence-electron chi connectivity index (χ3n) is 3.15. The Kier molecular flexibility index (Phi) is 3.09. The fourth-order valence-electron chi connectivity index (χ4n) is 2.16. The first-order chi connectivity index (χ1) is 7.74. The zero-order valence-corrected chi connectivity index (χ0v) is 10.2. The molecule has 0 nitrogen and oxygen atoms in total. The Bertz CT molecular complexity index is 495. The van der Waals surface area contributed by atoms with E-state index in [2.05, 4.69) is 57.2 Å². The minimum Gasteiger partial charge on any atom is -0.0620 e. The van der Waals surface area contributed by atoms with Gasteiger partial charge in [0.2, 0.25) is 0 Å². The second kappa shape index (κ2) is 4.52. The first-order valence-electron chi connectivity index (χ1n) is 5.80. The lowest BCUT2D eigenvalue weighted by atomic mass is 9.93. The van der Waals surface area contributed by atoms with Gasteiger partial charge in [0.15, 0.2) is 0 Å². The van der Waals surface area contributed by atoms with E-state index < -0.39 is 0 Å². The van der Waals surface area contributed by atoms with Crippen LogP contribution in [0.1, 0.15) is 23.6 Å². The van der Waals surface area contributed by atoms with Crippen LogP contribution in [0.25, 0.3) is 11.1 Å². The summed E-state index contributed by atoms with van der Waals surface area (Å²) in [7, 11) is 0. The molecule has 2 rings (SSSR count). The maximum Gasteiger partial charge on any atom is -0.0146 e. The van der Waals surface area contributed by atoms with Crippen LogP contribution in [-0.4, -0.2) is 0 Å². The van der Waals surface area contributed by atoms with E-state index in [-0.39, 0.29) is 0 Å². The maximum absolute atomic E-state index is 3.32. The highest BCUT2D eigenvalue weighted by atomic mass is 14.1. The lowest BCUT2D eigenvalue weighted by Crippen LogP contribution is -1.92. The summed E-state index contributed by atoms with van der Waals surface area (Å²) >= 11 is 0. The van der Waals surface area contributed by atoms with Gasteiger partial charge < -0.3 is 0 Å². The quantitative estimate of drug-likeness (QED) is 0.690. The number of rotatable bonds is 2. The Morgan fingerprint density at radius 3 is 2.44 bits per heavy atom. The van der Waals surface area contributed by atoms with Crippen molar-refractivity contribution in [3.63, 3.8) is 0 Å². The van der Waals surface area contributed by atoms with Gasteiger partial charge >= 0.3 is 0 Å². The molecule has 0 saturated heterocycles. The van der Waals surface area contributed by atoms with E-state index in [1.807, 2.05) is 6.07 Å².